The van der Waals surface area contributed by atoms with Crippen LogP contribution in [0.3, 0.4) is 0 Å². The van der Waals surface area contributed by atoms with Crippen molar-refractivity contribution in [1.82, 2.24) is 4.90 Å². The topological polar surface area (TPSA) is 29.3 Å². The quantitative estimate of drug-likeness (QED) is 0.531. The van der Waals surface area contributed by atoms with Gasteiger partial charge in [-0.25, -0.2) is 0 Å². The summed E-state index contributed by atoms with van der Waals surface area (Å²) in [5.41, 5.74) is 5.88. The Bertz CT molecular complexity index is 187. The molecule has 1 aliphatic heterocycles. The van der Waals surface area contributed by atoms with Crippen molar-refractivity contribution in [2.45, 2.75) is 11.9 Å². The molecule has 12 heavy (non-hydrogen) atoms. The third-order valence-corrected chi connectivity index (χ3v) is 2.52. The lowest BCUT2D eigenvalue weighted by molar-refractivity contribution is 0.476. The number of hydrogen-bond acceptors (Lipinski definition) is 3. The van der Waals surface area contributed by atoms with Crippen LogP contribution in [0.1, 0.15) is 6.42 Å². The number of hydrogen-bond donors (Lipinski definition) is 1. The minimum absolute atomic E-state index is 0.01000. The van der Waals surface area contributed by atoms with Crippen LogP contribution >= 0.6 is 11.8 Å². The van der Waals surface area contributed by atoms with Gasteiger partial charge in [-0.2, -0.15) is 0 Å². The van der Waals surface area contributed by atoms with Crippen molar-refractivity contribution in [2.24, 2.45) is 5.73 Å². The van der Waals surface area contributed by atoms with Crippen molar-refractivity contribution in [1.29, 1.82) is 0 Å². The van der Waals surface area contributed by atoms with Crippen molar-refractivity contribution in [3.63, 3.8) is 0 Å². The number of rotatable bonds is 4. The summed E-state index contributed by atoms with van der Waals surface area (Å²) < 4.78 is 0. The minimum atomic E-state index is 0.01000. The normalized spacial score (nSPS) is 17.9. The number of nitrogens with zero attached hydrogens (tertiary/aromatic N) is 1. The van der Waals surface area contributed by atoms with E-state index in [9.17, 15) is 0 Å². The summed E-state index contributed by atoms with van der Waals surface area (Å²) in [4.78, 5) is 2.00. The zero-order valence-electron chi connectivity index (χ0n) is 7.02. The molecule has 0 aromatic carbocycles. The first-order valence-corrected chi connectivity index (χ1v) is 4.98. The molecule has 1 heterocycles. The highest BCUT2D eigenvalue weighted by atomic mass is 32.2. The van der Waals surface area contributed by atoms with E-state index >= 15 is 0 Å². The van der Waals surface area contributed by atoms with E-state index in [1.54, 1.807) is 11.8 Å². The molecular weight excluding hydrogens is 168 g/mol. The zero-order valence-corrected chi connectivity index (χ0v) is 7.83. The van der Waals surface area contributed by atoms with E-state index in [1.807, 2.05) is 23.4 Å². The van der Waals surface area contributed by atoms with Gasteiger partial charge in [0.25, 0.3) is 0 Å². The Morgan fingerprint density at radius 1 is 1.58 bits per heavy atom. The van der Waals surface area contributed by atoms with Gasteiger partial charge in [-0.05, 0) is 6.42 Å². The number of thioether (sulfide) groups is 1. The molecule has 1 unspecified atom stereocenters. The molecule has 0 bridgehead atoms. The summed E-state index contributed by atoms with van der Waals surface area (Å²) in [5.74, 6) is 0.888. The van der Waals surface area contributed by atoms with Gasteiger partial charge in [0.2, 0.25) is 0 Å². The monoisotopic (exact) mass is 182 g/mol. The van der Waals surface area contributed by atoms with Crippen LogP contribution in [0.15, 0.2) is 37.2 Å². The maximum atomic E-state index is 5.87. The van der Waals surface area contributed by atoms with Gasteiger partial charge >= 0.3 is 0 Å². The van der Waals surface area contributed by atoms with Crippen LogP contribution in [-0.4, -0.2) is 16.2 Å². The predicted molar refractivity (Wildman–Crippen MR) is 55.4 cm³/mol. The second kappa shape index (κ2) is 5.06. The molecule has 0 aromatic heterocycles. The van der Waals surface area contributed by atoms with Crippen LogP contribution in [-0.2, 0) is 0 Å². The van der Waals surface area contributed by atoms with Crippen molar-refractivity contribution in [2.75, 3.05) is 5.75 Å². The SMILES string of the molecule is C=CCSC(N)N1C=CCC=C1. The predicted octanol–water partition coefficient (Wildman–Crippen LogP) is 1.88. The Balaban J connectivity index is 2.34. The van der Waals surface area contributed by atoms with Crippen LogP contribution in [0.4, 0.5) is 0 Å². The van der Waals surface area contributed by atoms with E-state index in [4.69, 9.17) is 5.73 Å². The van der Waals surface area contributed by atoms with E-state index in [0.717, 1.165) is 12.2 Å². The van der Waals surface area contributed by atoms with Gasteiger partial charge in [-0.3, -0.25) is 0 Å². The molecule has 0 saturated carbocycles. The molecule has 0 fully saturated rings. The Morgan fingerprint density at radius 2 is 2.25 bits per heavy atom. The average Bonchev–Trinajstić information content (AvgIpc) is 2.15. The maximum Gasteiger partial charge on any atom is 0.129 e. The Hall–Kier alpha value is -0.670. The molecule has 2 nitrogen and oxygen atoms in total. The highest BCUT2D eigenvalue weighted by Gasteiger charge is 2.07. The summed E-state index contributed by atoms with van der Waals surface area (Å²) >= 11 is 1.67. The smallest absolute Gasteiger partial charge is 0.129 e. The molecule has 2 N–H and O–H groups in total. The molecule has 0 radical (unpaired) electrons. The molecule has 0 amide bonds. The Labute approximate surface area is 77.8 Å². The van der Waals surface area contributed by atoms with Crippen LogP contribution < -0.4 is 5.73 Å². The first-order valence-electron chi connectivity index (χ1n) is 3.93. The molecular formula is C9H14N2S. The lowest BCUT2D eigenvalue weighted by Gasteiger charge is -2.24. The molecule has 0 aromatic rings. The van der Waals surface area contributed by atoms with Crippen molar-refractivity contribution in [3.8, 4) is 0 Å². The lowest BCUT2D eigenvalue weighted by atomic mass is 10.3. The first kappa shape index (κ1) is 9.42. The van der Waals surface area contributed by atoms with Gasteiger partial charge in [0, 0.05) is 18.2 Å². The summed E-state index contributed by atoms with van der Waals surface area (Å²) in [6, 6.07) is 0. The largest absolute Gasteiger partial charge is 0.330 e. The lowest BCUT2D eigenvalue weighted by Crippen LogP contribution is -2.32. The van der Waals surface area contributed by atoms with E-state index in [0.29, 0.717) is 0 Å². The highest BCUT2D eigenvalue weighted by molar-refractivity contribution is 7.99. The fourth-order valence-corrected chi connectivity index (χ4v) is 1.56. The van der Waals surface area contributed by atoms with E-state index in [1.165, 1.54) is 0 Å². The van der Waals surface area contributed by atoms with Crippen molar-refractivity contribution < 1.29 is 0 Å². The highest BCUT2D eigenvalue weighted by Crippen LogP contribution is 2.14. The number of allylic oxidation sites excluding steroid dienone is 2. The molecule has 1 rings (SSSR count). The van der Waals surface area contributed by atoms with Gasteiger partial charge in [0.15, 0.2) is 0 Å². The summed E-state index contributed by atoms with van der Waals surface area (Å²) in [6.45, 7) is 3.65. The summed E-state index contributed by atoms with van der Waals surface area (Å²) in [7, 11) is 0. The molecule has 0 spiro atoms. The first-order chi connectivity index (χ1) is 5.84. The maximum absolute atomic E-state index is 5.87. The fraction of sp³-hybridized carbons (Fsp3) is 0.333. The molecule has 1 aliphatic rings. The van der Waals surface area contributed by atoms with Gasteiger partial charge in [-0.15, -0.1) is 18.3 Å². The van der Waals surface area contributed by atoms with Crippen LogP contribution in [0.5, 0.6) is 0 Å². The van der Waals surface area contributed by atoms with E-state index in [-0.39, 0.29) is 5.50 Å². The summed E-state index contributed by atoms with van der Waals surface area (Å²) in [6.07, 6.45) is 11.1. The van der Waals surface area contributed by atoms with Crippen LogP contribution in [0.2, 0.25) is 0 Å². The average molecular weight is 182 g/mol. The second-order valence-electron chi connectivity index (χ2n) is 2.47. The van der Waals surface area contributed by atoms with Gasteiger partial charge in [0.1, 0.15) is 5.50 Å². The molecule has 3 heteroatoms. The summed E-state index contributed by atoms with van der Waals surface area (Å²) in [5, 5.41) is 0. The molecule has 66 valence electrons. The molecule has 1 atom stereocenters. The Kier molecular flexibility index (Phi) is 3.97. The Morgan fingerprint density at radius 3 is 2.83 bits per heavy atom. The van der Waals surface area contributed by atoms with Crippen molar-refractivity contribution in [3.05, 3.63) is 37.2 Å². The molecule has 0 saturated heterocycles. The second-order valence-corrected chi connectivity index (χ2v) is 3.61. The fourth-order valence-electron chi connectivity index (χ4n) is 0.916. The van der Waals surface area contributed by atoms with E-state index in [2.05, 4.69) is 18.7 Å². The van der Waals surface area contributed by atoms with Gasteiger partial charge in [0.05, 0.1) is 0 Å². The number of nitrogens with two attached hydrogens (primary N) is 1. The third kappa shape index (κ3) is 2.75. The van der Waals surface area contributed by atoms with Crippen LogP contribution in [0.25, 0.3) is 0 Å². The zero-order chi connectivity index (χ0) is 8.81. The standard InChI is InChI=1S/C9H14N2S/c1-2-8-12-9(10)11-6-4-3-5-7-11/h2,4-7,9H,1,3,8,10H2. The minimum Gasteiger partial charge on any atom is -0.330 e. The molecule has 0 aliphatic carbocycles. The van der Waals surface area contributed by atoms with Crippen molar-refractivity contribution >= 4 is 11.8 Å². The van der Waals surface area contributed by atoms with Gasteiger partial charge < -0.3 is 10.6 Å². The van der Waals surface area contributed by atoms with Gasteiger partial charge in [-0.1, -0.05) is 18.2 Å². The van der Waals surface area contributed by atoms with E-state index < -0.39 is 0 Å². The van der Waals surface area contributed by atoms with Crippen LogP contribution in [0, 0.1) is 0 Å². The third-order valence-electron chi connectivity index (χ3n) is 1.51.